The van der Waals surface area contributed by atoms with Crippen LogP contribution in [0, 0.1) is 11.8 Å². The molecule has 0 radical (unpaired) electrons. The van der Waals surface area contributed by atoms with Crippen LogP contribution in [-0.4, -0.2) is 43.0 Å². The first kappa shape index (κ1) is 16.8. The van der Waals surface area contributed by atoms with E-state index in [4.69, 9.17) is 4.74 Å². The molecule has 0 spiro atoms. The van der Waals surface area contributed by atoms with Gasteiger partial charge in [0.05, 0.1) is 18.9 Å². The summed E-state index contributed by atoms with van der Waals surface area (Å²) >= 11 is 0. The number of rotatable bonds is 4. The van der Waals surface area contributed by atoms with Crippen LogP contribution in [0.15, 0.2) is 30.3 Å². The Balaban J connectivity index is 1.52. The number of amides is 1. The third-order valence-corrected chi connectivity index (χ3v) is 5.29. The summed E-state index contributed by atoms with van der Waals surface area (Å²) in [5.74, 6) is -0.522. The summed E-state index contributed by atoms with van der Waals surface area (Å²) in [6.07, 6.45) is 4.39. The summed E-state index contributed by atoms with van der Waals surface area (Å²) in [5.41, 5.74) is 1.13. The van der Waals surface area contributed by atoms with E-state index in [1.807, 2.05) is 23.1 Å². The summed E-state index contributed by atoms with van der Waals surface area (Å²) in [5, 5.41) is 3.53. The van der Waals surface area contributed by atoms with Crippen molar-refractivity contribution < 1.29 is 14.3 Å². The maximum absolute atomic E-state index is 12.8. The van der Waals surface area contributed by atoms with Crippen molar-refractivity contribution in [3.05, 3.63) is 30.3 Å². The fourth-order valence-electron chi connectivity index (χ4n) is 3.94. The predicted octanol–water partition coefficient (Wildman–Crippen LogP) is 2.68. The highest BCUT2D eigenvalue weighted by Crippen LogP contribution is 2.34. The van der Waals surface area contributed by atoms with Crippen LogP contribution in [0.5, 0.6) is 0 Å². The number of esters is 1. The molecule has 1 aromatic rings. The van der Waals surface area contributed by atoms with E-state index in [2.05, 4.69) is 17.4 Å². The van der Waals surface area contributed by atoms with Crippen molar-refractivity contribution in [2.75, 3.05) is 25.5 Å². The van der Waals surface area contributed by atoms with Crippen LogP contribution in [0.25, 0.3) is 0 Å². The van der Waals surface area contributed by atoms with Gasteiger partial charge in [-0.15, -0.1) is 0 Å². The lowest BCUT2D eigenvalue weighted by atomic mass is 9.93. The van der Waals surface area contributed by atoms with Crippen molar-refractivity contribution in [2.24, 2.45) is 11.8 Å². The van der Waals surface area contributed by atoms with Gasteiger partial charge in [-0.1, -0.05) is 24.6 Å². The first-order chi connectivity index (χ1) is 11.7. The van der Waals surface area contributed by atoms with E-state index in [9.17, 15) is 9.59 Å². The lowest BCUT2D eigenvalue weighted by Crippen LogP contribution is -2.46. The number of nitrogens with one attached hydrogen (secondary N) is 1. The first-order valence-electron chi connectivity index (χ1n) is 8.87. The minimum atomic E-state index is -0.248. The second kappa shape index (κ2) is 7.69. The Labute approximate surface area is 143 Å². The van der Waals surface area contributed by atoms with Gasteiger partial charge in [-0.3, -0.25) is 9.59 Å². The molecule has 1 amide bonds. The molecule has 5 nitrogen and oxygen atoms in total. The average Bonchev–Trinajstić information content (AvgIpc) is 3.12. The molecule has 0 bridgehead atoms. The Bertz CT molecular complexity index is 567. The van der Waals surface area contributed by atoms with Crippen LogP contribution in [0.2, 0.25) is 0 Å². The van der Waals surface area contributed by atoms with E-state index in [1.165, 1.54) is 7.11 Å². The maximum Gasteiger partial charge on any atom is 0.309 e. The van der Waals surface area contributed by atoms with Crippen LogP contribution < -0.4 is 5.32 Å². The van der Waals surface area contributed by atoms with E-state index in [0.29, 0.717) is 6.04 Å². The molecule has 1 aliphatic carbocycles. The number of methoxy groups -OCH3 is 1. The van der Waals surface area contributed by atoms with Crippen molar-refractivity contribution >= 4 is 17.6 Å². The van der Waals surface area contributed by atoms with E-state index in [-0.39, 0.29) is 23.7 Å². The standard InChI is InChI=1S/C19H26N2O3/c1-24-19(23)17-9-5-8-16(17)18(22)21-12-10-15(11-13-21)20-14-6-3-2-4-7-14/h2-4,6-7,15-17,20H,5,8-13H2,1H3/t16-,17-/m1/s1. The smallest absolute Gasteiger partial charge is 0.309 e. The minimum Gasteiger partial charge on any atom is -0.469 e. The SMILES string of the molecule is COC(=O)[C@@H]1CCC[C@H]1C(=O)N1CCC(Nc2ccccc2)CC1. The van der Waals surface area contributed by atoms with Crippen molar-refractivity contribution in [1.82, 2.24) is 4.90 Å². The Kier molecular flexibility index (Phi) is 5.38. The zero-order chi connectivity index (χ0) is 16.9. The summed E-state index contributed by atoms with van der Waals surface area (Å²) in [6.45, 7) is 1.52. The van der Waals surface area contributed by atoms with Crippen LogP contribution in [0.4, 0.5) is 5.69 Å². The summed E-state index contributed by atoms with van der Waals surface area (Å²) in [6, 6.07) is 10.6. The number of likely N-dealkylation sites (tertiary alicyclic amines) is 1. The topological polar surface area (TPSA) is 58.6 Å². The molecule has 0 aromatic heterocycles. The normalized spacial score (nSPS) is 24.6. The van der Waals surface area contributed by atoms with E-state index in [0.717, 1.165) is 50.9 Å². The lowest BCUT2D eigenvalue weighted by Gasteiger charge is -2.35. The number of piperidine rings is 1. The van der Waals surface area contributed by atoms with E-state index < -0.39 is 0 Å². The second-order valence-corrected chi connectivity index (χ2v) is 6.78. The van der Waals surface area contributed by atoms with E-state index >= 15 is 0 Å². The number of carbonyl (C=O) groups excluding carboxylic acids is 2. The quantitative estimate of drug-likeness (QED) is 0.862. The predicted molar refractivity (Wildman–Crippen MR) is 92.5 cm³/mol. The third-order valence-electron chi connectivity index (χ3n) is 5.29. The highest BCUT2D eigenvalue weighted by atomic mass is 16.5. The molecule has 1 N–H and O–H groups in total. The van der Waals surface area contributed by atoms with Gasteiger partial charge in [0.15, 0.2) is 0 Å². The lowest BCUT2D eigenvalue weighted by molar-refractivity contribution is -0.152. The molecule has 130 valence electrons. The monoisotopic (exact) mass is 330 g/mol. The molecule has 1 aliphatic heterocycles. The molecule has 1 heterocycles. The molecule has 2 atom stereocenters. The number of hydrogen-bond acceptors (Lipinski definition) is 4. The number of benzene rings is 1. The molecule has 24 heavy (non-hydrogen) atoms. The molecule has 1 saturated carbocycles. The Morgan fingerprint density at radius 2 is 1.71 bits per heavy atom. The minimum absolute atomic E-state index is 0.140. The van der Waals surface area contributed by atoms with Crippen molar-refractivity contribution in [2.45, 2.75) is 38.1 Å². The Morgan fingerprint density at radius 1 is 1.04 bits per heavy atom. The molecule has 2 fully saturated rings. The van der Waals surface area contributed by atoms with Gasteiger partial charge in [0.2, 0.25) is 5.91 Å². The number of anilines is 1. The number of para-hydroxylation sites is 1. The molecular formula is C19H26N2O3. The van der Waals surface area contributed by atoms with Gasteiger partial charge in [-0.25, -0.2) is 0 Å². The first-order valence-corrected chi connectivity index (χ1v) is 8.87. The van der Waals surface area contributed by atoms with Crippen LogP contribution >= 0.6 is 0 Å². The number of nitrogens with zero attached hydrogens (tertiary/aromatic N) is 1. The van der Waals surface area contributed by atoms with Gasteiger partial charge in [-0.05, 0) is 37.8 Å². The number of hydrogen-bond donors (Lipinski definition) is 1. The fourth-order valence-corrected chi connectivity index (χ4v) is 3.94. The Hall–Kier alpha value is -2.04. The van der Waals surface area contributed by atoms with Gasteiger partial charge < -0.3 is 15.0 Å². The number of ether oxygens (including phenoxy) is 1. The second-order valence-electron chi connectivity index (χ2n) is 6.78. The summed E-state index contributed by atoms with van der Waals surface area (Å²) in [7, 11) is 1.41. The van der Waals surface area contributed by atoms with Crippen molar-refractivity contribution in [3.8, 4) is 0 Å². The van der Waals surface area contributed by atoms with Crippen LogP contribution in [-0.2, 0) is 14.3 Å². The molecule has 0 unspecified atom stereocenters. The largest absolute Gasteiger partial charge is 0.469 e. The molecule has 5 heteroatoms. The van der Waals surface area contributed by atoms with Gasteiger partial charge >= 0.3 is 5.97 Å². The molecule has 3 rings (SSSR count). The molecular weight excluding hydrogens is 304 g/mol. The zero-order valence-electron chi connectivity index (χ0n) is 14.2. The highest BCUT2D eigenvalue weighted by molar-refractivity contribution is 5.86. The molecule has 2 aliphatic rings. The van der Waals surface area contributed by atoms with E-state index in [1.54, 1.807) is 0 Å². The van der Waals surface area contributed by atoms with Gasteiger partial charge in [0.25, 0.3) is 0 Å². The maximum atomic E-state index is 12.8. The summed E-state index contributed by atoms with van der Waals surface area (Å²) < 4.78 is 4.87. The molecule has 1 saturated heterocycles. The zero-order valence-corrected chi connectivity index (χ0v) is 14.2. The molecule has 1 aromatic carbocycles. The fraction of sp³-hybridized carbons (Fsp3) is 0.579. The summed E-state index contributed by atoms with van der Waals surface area (Å²) in [4.78, 5) is 26.6. The Morgan fingerprint density at radius 3 is 2.38 bits per heavy atom. The van der Waals surface area contributed by atoms with Crippen molar-refractivity contribution in [1.29, 1.82) is 0 Å². The van der Waals surface area contributed by atoms with Gasteiger partial charge in [-0.2, -0.15) is 0 Å². The average molecular weight is 330 g/mol. The third kappa shape index (κ3) is 3.71. The van der Waals surface area contributed by atoms with Crippen LogP contribution in [0.1, 0.15) is 32.1 Å². The van der Waals surface area contributed by atoms with Gasteiger partial charge in [0.1, 0.15) is 0 Å². The van der Waals surface area contributed by atoms with Crippen molar-refractivity contribution in [3.63, 3.8) is 0 Å². The van der Waals surface area contributed by atoms with Crippen LogP contribution in [0.3, 0.4) is 0 Å². The van der Waals surface area contributed by atoms with Gasteiger partial charge in [0, 0.05) is 24.8 Å². The number of carbonyl (C=O) groups is 2. The highest BCUT2D eigenvalue weighted by Gasteiger charge is 2.40.